The number of hydrogen-bond donors (Lipinski definition) is 5. The van der Waals surface area contributed by atoms with Crippen LogP contribution in [-0.2, 0) is 0 Å². The summed E-state index contributed by atoms with van der Waals surface area (Å²) >= 11 is 0. The van der Waals surface area contributed by atoms with E-state index in [2.05, 4.69) is 0 Å². The molecule has 0 aromatic heterocycles. The minimum Gasteiger partial charge on any atom is -0.378 e. The van der Waals surface area contributed by atoms with E-state index in [0.717, 1.165) is 0 Å². The van der Waals surface area contributed by atoms with Gasteiger partial charge in [-0.2, -0.15) is 0 Å². The van der Waals surface area contributed by atoms with Crippen molar-refractivity contribution in [2.75, 3.05) is 0 Å². The maximum atomic E-state index is 10.5. The molecule has 2 amide bonds. The van der Waals surface area contributed by atoms with Gasteiger partial charge in [0, 0.05) is 0 Å². The summed E-state index contributed by atoms with van der Waals surface area (Å²) in [4.78, 5) is 10.5. The molecule has 0 aromatic rings. The van der Waals surface area contributed by atoms with Crippen molar-refractivity contribution < 1.29 is 15.0 Å². The normalized spacial score (nSPS) is 37.9. The fourth-order valence-corrected chi connectivity index (χ4v) is 0.678. The molecule has 0 saturated carbocycles. The van der Waals surface area contributed by atoms with E-state index in [1.807, 2.05) is 10.6 Å². The van der Waals surface area contributed by atoms with Crippen LogP contribution in [0.25, 0.3) is 0 Å². The molecule has 1 rings (SSSR count). The molecule has 0 unspecified atom stereocenters. The summed E-state index contributed by atoms with van der Waals surface area (Å²) in [6, 6.07) is -0.686. The SMILES string of the molecule is C[C@]1(O)C(=N)NC(=O)N[C@H]1O. The van der Waals surface area contributed by atoms with E-state index in [4.69, 9.17) is 10.5 Å². The van der Waals surface area contributed by atoms with Gasteiger partial charge in [-0.15, -0.1) is 0 Å². The van der Waals surface area contributed by atoms with Crippen LogP contribution >= 0.6 is 0 Å². The summed E-state index contributed by atoms with van der Waals surface area (Å²) in [5, 5.41) is 29.4. The lowest BCUT2D eigenvalue weighted by Gasteiger charge is -2.34. The van der Waals surface area contributed by atoms with Gasteiger partial charge in [0.1, 0.15) is 5.84 Å². The van der Waals surface area contributed by atoms with E-state index in [0.29, 0.717) is 0 Å². The summed E-state index contributed by atoms with van der Waals surface area (Å²) in [6.07, 6.45) is -1.43. The highest BCUT2D eigenvalue weighted by atomic mass is 16.4. The Balaban J connectivity index is 2.84. The predicted octanol–water partition coefficient (Wildman–Crippen LogP) is -1.65. The number of aliphatic hydroxyl groups excluding tert-OH is 1. The van der Waals surface area contributed by atoms with Crippen LogP contribution in [0.4, 0.5) is 4.79 Å². The molecule has 1 aliphatic heterocycles. The lowest BCUT2D eigenvalue weighted by Crippen LogP contribution is -2.67. The average molecular weight is 159 g/mol. The quantitative estimate of drug-likeness (QED) is 0.292. The molecule has 11 heavy (non-hydrogen) atoms. The van der Waals surface area contributed by atoms with Gasteiger partial charge in [0.15, 0.2) is 11.8 Å². The molecular weight excluding hydrogens is 150 g/mol. The van der Waals surface area contributed by atoms with Crippen molar-refractivity contribution >= 4 is 11.9 Å². The Kier molecular flexibility index (Phi) is 1.57. The van der Waals surface area contributed by atoms with E-state index < -0.39 is 23.7 Å². The van der Waals surface area contributed by atoms with Crippen LogP contribution in [0.3, 0.4) is 0 Å². The van der Waals surface area contributed by atoms with Gasteiger partial charge in [0.05, 0.1) is 0 Å². The fourth-order valence-electron chi connectivity index (χ4n) is 0.678. The largest absolute Gasteiger partial charge is 0.378 e. The molecule has 1 saturated heterocycles. The van der Waals surface area contributed by atoms with Gasteiger partial charge in [-0.1, -0.05) is 0 Å². The molecule has 1 aliphatic rings. The first-order valence-electron chi connectivity index (χ1n) is 3.01. The lowest BCUT2D eigenvalue weighted by atomic mass is 10.0. The van der Waals surface area contributed by atoms with Crippen LogP contribution in [0, 0.1) is 5.41 Å². The number of carbonyl (C=O) groups excluding carboxylic acids is 1. The topological polar surface area (TPSA) is 105 Å². The number of amides is 2. The number of hydrogen-bond acceptors (Lipinski definition) is 4. The molecule has 0 bridgehead atoms. The molecule has 2 atom stereocenters. The van der Waals surface area contributed by atoms with Gasteiger partial charge in [-0.05, 0) is 6.92 Å². The maximum Gasteiger partial charge on any atom is 0.322 e. The second kappa shape index (κ2) is 2.18. The van der Waals surface area contributed by atoms with Gasteiger partial charge < -0.3 is 15.5 Å². The number of nitrogens with one attached hydrogen (secondary N) is 3. The first-order valence-corrected chi connectivity index (χ1v) is 3.01. The van der Waals surface area contributed by atoms with Gasteiger partial charge in [-0.3, -0.25) is 10.7 Å². The van der Waals surface area contributed by atoms with Crippen molar-refractivity contribution in [1.82, 2.24) is 10.6 Å². The Labute approximate surface area is 62.7 Å². The summed E-state index contributed by atoms with van der Waals surface area (Å²) in [5.74, 6) is -0.409. The molecule has 62 valence electrons. The Morgan fingerprint density at radius 1 is 1.73 bits per heavy atom. The van der Waals surface area contributed by atoms with E-state index in [-0.39, 0.29) is 0 Å². The first-order chi connectivity index (χ1) is 4.94. The van der Waals surface area contributed by atoms with Gasteiger partial charge in [-0.25, -0.2) is 4.79 Å². The third-order valence-electron chi connectivity index (χ3n) is 1.54. The van der Waals surface area contributed by atoms with Crippen LogP contribution in [0.1, 0.15) is 6.92 Å². The summed E-state index contributed by atoms with van der Waals surface area (Å²) in [5.41, 5.74) is -1.73. The minimum absolute atomic E-state index is 0.409. The standard InChI is InChI=1S/C5H9N3O3/c1-5(11)2(6)7-4(10)8-3(5)9/h3,9,11H,1H3,(H3,6,7,8,10)/t3-,5-/m0/s1. The second-order valence-corrected chi connectivity index (χ2v) is 2.52. The summed E-state index contributed by atoms with van der Waals surface area (Å²) < 4.78 is 0. The maximum absolute atomic E-state index is 10.5. The Bertz CT molecular complexity index is 213. The van der Waals surface area contributed by atoms with Crippen molar-refractivity contribution in [3.63, 3.8) is 0 Å². The highest BCUT2D eigenvalue weighted by Crippen LogP contribution is 2.10. The molecule has 0 spiro atoms. The number of carbonyl (C=O) groups is 1. The van der Waals surface area contributed by atoms with E-state index in [9.17, 15) is 9.90 Å². The predicted molar refractivity (Wildman–Crippen MR) is 36.0 cm³/mol. The zero-order chi connectivity index (χ0) is 8.65. The smallest absolute Gasteiger partial charge is 0.322 e. The van der Waals surface area contributed by atoms with Gasteiger partial charge >= 0.3 is 6.03 Å². The van der Waals surface area contributed by atoms with Crippen LogP contribution < -0.4 is 10.6 Å². The van der Waals surface area contributed by atoms with Crippen LogP contribution in [0.2, 0.25) is 0 Å². The third-order valence-corrected chi connectivity index (χ3v) is 1.54. The number of urea groups is 1. The highest BCUT2D eigenvalue weighted by molar-refractivity contribution is 6.03. The Morgan fingerprint density at radius 2 is 2.27 bits per heavy atom. The van der Waals surface area contributed by atoms with Crippen molar-refractivity contribution in [2.45, 2.75) is 18.8 Å². The zero-order valence-corrected chi connectivity index (χ0v) is 5.88. The molecule has 5 N–H and O–H groups in total. The molecule has 0 radical (unpaired) electrons. The molecule has 0 aliphatic carbocycles. The van der Waals surface area contributed by atoms with E-state index in [1.54, 1.807) is 0 Å². The first kappa shape index (κ1) is 7.96. The third kappa shape index (κ3) is 1.17. The zero-order valence-electron chi connectivity index (χ0n) is 5.88. The van der Waals surface area contributed by atoms with Crippen molar-refractivity contribution in [2.24, 2.45) is 0 Å². The monoisotopic (exact) mass is 159 g/mol. The van der Waals surface area contributed by atoms with E-state index in [1.165, 1.54) is 6.92 Å². The van der Waals surface area contributed by atoms with Crippen molar-refractivity contribution in [3.05, 3.63) is 0 Å². The van der Waals surface area contributed by atoms with Crippen LogP contribution in [0.5, 0.6) is 0 Å². The molecule has 1 fully saturated rings. The summed E-state index contributed by atoms with van der Waals surface area (Å²) in [6.45, 7) is 1.23. The highest BCUT2D eigenvalue weighted by Gasteiger charge is 2.41. The van der Waals surface area contributed by atoms with E-state index >= 15 is 0 Å². The molecule has 6 nitrogen and oxygen atoms in total. The molecule has 6 heteroatoms. The molecule has 0 aromatic carbocycles. The Morgan fingerprint density at radius 3 is 2.73 bits per heavy atom. The molecular formula is C5H9N3O3. The van der Waals surface area contributed by atoms with Gasteiger partial charge in [0.2, 0.25) is 0 Å². The number of rotatable bonds is 0. The second-order valence-electron chi connectivity index (χ2n) is 2.52. The summed E-state index contributed by atoms with van der Waals surface area (Å²) in [7, 11) is 0. The molecule has 1 heterocycles. The van der Waals surface area contributed by atoms with Crippen LogP contribution in [-0.4, -0.2) is 33.9 Å². The average Bonchev–Trinajstić information content (AvgIpc) is 1.84. The lowest BCUT2D eigenvalue weighted by molar-refractivity contribution is -0.0315. The van der Waals surface area contributed by atoms with Gasteiger partial charge in [0.25, 0.3) is 0 Å². The Hall–Kier alpha value is -1.14. The number of amidine groups is 1. The van der Waals surface area contributed by atoms with Crippen molar-refractivity contribution in [1.29, 1.82) is 5.41 Å². The minimum atomic E-state index is -1.73. The van der Waals surface area contributed by atoms with Crippen molar-refractivity contribution in [3.8, 4) is 0 Å². The van der Waals surface area contributed by atoms with Crippen LogP contribution in [0.15, 0.2) is 0 Å². The fraction of sp³-hybridized carbons (Fsp3) is 0.600. The number of aliphatic hydroxyl groups is 2.